The number of carbonyl (C=O) groups is 2. The molecular formula is C25H19F7N2O4S. The number of carbonyl (C=O) groups excluding carboxylic acids is 2. The lowest BCUT2D eigenvalue weighted by molar-refractivity contribution is -0.143. The second-order valence-electron chi connectivity index (χ2n) is 7.77. The second kappa shape index (κ2) is 11.8. The van der Waals surface area contributed by atoms with Crippen LogP contribution in [0.1, 0.15) is 22.8 Å². The molecule has 3 aromatic carbocycles. The summed E-state index contributed by atoms with van der Waals surface area (Å²) in [6, 6.07) is 10.8. The molecule has 0 saturated carbocycles. The number of benzene rings is 3. The summed E-state index contributed by atoms with van der Waals surface area (Å²) in [5.41, 5.74) is -3.91. The Morgan fingerprint density at radius 3 is 1.79 bits per heavy atom. The predicted octanol–water partition coefficient (Wildman–Crippen LogP) is 6.65. The van der Waals surface area contributed by atoms with Crippen molar-refractivity contribution in [2.24, 2.45) is 0 Å². The van der Waals surface area contributed by atoms with Crippen LogP contribution in [-0.2, 0) is 11.0 Å². The fourth-order valence-corrected chi connectivity index (χ4v) is 4.23. The van der Waals surface area contributed by atoms with Crippen molar-refractivity contribution in [3.8, 4) is 11.5 Å². The Hall–Kier alpha value is -3.94. The number of hydrogen-bond acceptors (Lipinski definition) is 5. The van der Waals surface area contributed by atoms with Gasteiger partial charge >= 0.3 is 6.18 Å². The molecule has 0 aliphatic rings. The number of alkyl halides is 3. The Balaban J connectivity index is 1.71. The smallest absolute Gasteiger partial charge is 0.422 e. The van der Waals surface area contributed by atoms with E-state index in [4.69, 9.17) is 9.47 Å². The van der Waals surface area contributed by atoms with Gasteiger partial charge in [0.25, 0.3) is 5.91 Å². The van der Waals surface area contributed by atoms with E-state index in [0.717, 1.165) is 11.8 Å². The van der Waals surface area contributed by atoms with Gasteiger partial charge in [0.1, 0.15) is 28.3 Å². The monoisotopic (exact) mass is 576 g/mol. The van der Waals surface area contributed by atoms with Crippen LogP contribution in [0.3, 0.4) is 0 Å². The maximum Gasteiger partial charge on any atom is 0.422 e. The molecule has 0 bridgehead atoms. The summed E-state index contributed by atoms with van der Waals surface area (Å²) >= 11 is 0.857. The maximum absolute atomic E-state index is 14.1. The van der Waals surface area contributed by atoms with Crippen LogP contribution < -0.4 is 20.1 Å². The summed E-state index contributed by atoms with van der Waals surface area (Å²) < 4.78 is 104. The number of anilines is 2. The van der Waals surface area contributed by atoms with Crippen molar-refractivity contribution in [2.45, 2.75) is 23.2 Å². The molecule has 0 aromatic heterocycles. The van der Waals surface area contributed by atoms with E-state index < -0.39 is 57.8 Å². The van der Waals surface area contributed by atoms with E-state index in [1.165, 1.54) is 45.4 Å². The topological polar surface area (TPSA) is 76.7 Å². The minimum absolute atomic E-state index is 0.154. The summed E-state index contributed by atoms with van der Waals surface area (Å²) in [6.45, 7) is 1.29. The van der Waals surface area contributed by atoms with Gasteiger partial charge in [0, 0.05) is 10.6 Å². The molecule has 3 rings (SSSR count). The molecule has 0 saturated heterocycles. The van der Waals surface area contributed by atoms with Gasteiger partial charge in [-0.1, -0.05) is 6.07 Å². The van der Waals surface area contributed by atoms with Crippen molar-refractivity contribution in [1.29, 1.82) is 0 Å². The first-order valence-electron chi connectivity index (χ1n) is 10.8. The maximum atomic E-state index is 14.1. The third kappa shape index (κ3) is 6.38. The van der Waals surface area contributed by atoms with Gasteiger partial charge in [-0.25, -0.2) is 17.6 Å². The molecular weight excluding hydrogens is 557 g/mol. The zero-order valence-electron chi connectivity index (χ0n) is 20.3. The Bertz CT molecular complexity index is 1350. The molecule has 0 aliphatic heterocycles. The van der Waals surface area contributed by atoms with Crippen molar-refractivity contribution in [3.05, 3.63) is 76.9 Å². The number of halogens is 7. The molecule has 0 aliphatic carbocycles. The molecule has 14 heteroatoms. The van der Waals surface area contributed by atoms with Crippen molar-refractivity contribution in [2.75, 3.05) is 24.9 Å². The number of thioether (sulfide) groups is 1. The van der Waals surface area contributed by atoms with Crippen LogP contribution in [0.25, 0.3) is 0 Å². The summed E-state index contributed by atoms with van der Waals surface area (Å²) in [7, 11) is 2.78. The van der Waals surface area contributed by atoms with Crippen LogP contribution in [0.5, 0.6) is 11.5 Å². The zero-order valence-corrected chi connectivity index (χ0v) is 21.1. The van der Waals surface area contributed by atoms with Crippen LogP contribution in [0.2, 0.25) is 0 Å². The van der Waals surface area contributed by atoms with Gasteiger partial charge in [-0.2, -0.15) is 13.2 Å². The number of amides is 2. The predicted molar refractivity (Wildman–Crippen MR) is 129 cm³/mol. The minimum atomic E-state index is -5.70. The van der Waals surface area contributed by atoms with Crippen molar-refractivity contribution < 1.29 is 49.8 Å². The molecule has 1 atom stereocenters. The summed E-state index contributed by atoms with van der Waals surface area (Å²) in [6.07, 6.45) is -5.70. The first-order chi connectivity index (χ1) is 18.3. The highest BCUT2D eigenvalue weighted by atomic mass is 32.2. The molecule has 6 nitrogen and oxygen atoms in total. The van der Waals surface area contributed by atoms with Gasteiger partial charge in [0.05, 0.1) is 19.5 Å². The summed E-state index contributed by atoms with van der Waals surface area (Å²) in [5.74, 6) is -11.3. The van der Waals surface area contributed by atoms with Gasteiger partial charge in [-0.15, -0.1) is 11.8 Å². The van der Waals surface area contributed by atoms with Crippen molar-refractivity contribution >= 4 is 35.0 Å². The van der Waals surface area contributed by atoms with E-state index in [0.29, 0.717) is 10.6 Å². The lowest BCUT2D eigenvalue weighted by Crippen LogP contribution is -2.25. The van der Waals surface area contributed by atoms with Crippen molar-refractivity contribution in [1.82, 2.24) is 0 Å². The lowest BCUT2D eigenvalue weighted by Gasteiger charge is -2.16. The lowest BCUT2D eigenvalue weighted by atomic mass is 10.1. The fraction of sp³-hybridized carbons (Fsp3) is 0.200. The molecule has 3 aromatic rings. The van der Waals surface area contributed by atoms with E-state index in [9.17, 15) is 40.3 Å². The van der Waals surface area contributed by atoms with Gasteiger partial charge in [0.15, 0.2) is 23.3 Å². The van der Waals surface area contributed by atoms with Crippen LogP contribution in [-0.4, -0.2) is 31.3 Å². The fourth-order valence-electron chi connectivity index (χ4n) is 3.36. The number of rotatable bonds is 8. The summed E-state index contributed by atoms with van der Waals surface area (Å²) in [4.78, 5) is 25.6. The van der Waals surface area contributed by atoms with E-state index >= 15 is 0 Å². The van der Waals surface area contributed by atoms with E-state index in [-0.39, 0.29) is 17.1 Å². The standard InChI is InChI=1S/C25H19F7N2O4S/c1-11(23(35)34-22-20(28)18(26)17(25(30,31)32)19(27)21(22)29)39-13-9-7-12(8-10-13)33-24(36)16-14(37-2)5-4-6-15(16)38-3/h4-11H,1-3H3,(H,33,36)(H,34,35). The molecule has 39 heavy (non-hydrogen) atoms. The Kier molecular flexibility index (Phi) is 8.99. The van der Waals surface area contributed by atoms with Crippen molar-refractivity contribution in [3.63, 3.8) is 0 Å². The van der Waals surface area contributed by atoms with E-state index in [1.807, 2.05) is 0 Å². The number of nitrogens with one attached hydrogen (secondary N) is 2. The first-order valence-corrected chi connectivity index (χ1v) is 11.7. The van der Waals surface area contributed by atoms with Gasteiger partial charge in [-0.05, 0) is 43.3 Å². The second-order valence-corrected chi connectivity index (χ2v) is 9.18. The number of ether oxygens (including phenoxy) is 2. The molecule has 0 radical (unpaired) electrons. The SMILES string of the molecule is COc1cccc(OC)c1C(=O)Nc1ccc(SC(C)C(=O)Nc2c(F)c(F)c(C(F)(F)F)c(F)c2F)cc1. The molecule has 2 amide bonds. The minimum Gasteiger partial charge on any atom is -0.496 e. The first kappa shape index (κ1) is 29.6. The highest BCUT2D eigenvalue weighted by molar-refractivity contribution is 8.00. The number of hydrogen-bond donors (Lipinski definition) is 2. The normalized spacial score (nSPS) is 12.1. The molecule has 0 spiro atoms. The van der Waals surface area contributed by atoms with E-state index in [1.54, 1.807) is 23.5 Å². The van der Waals surface area contributed by atoms with E-state index in [2.05, 4.69) is 5.32 Å². The van der Waals surface area contributed by atoms with Crippen LogP contribution in [0, 0.1) is 23.3 Å². The zero-order chi connectivity index (χ0) is 29.1. The Labute approximate surface area is 221 Å². The Morgan fingerprint density at radius 1 is 0.821 bits per heavy atom. The quantitative estimate of drug-likeness (QED) is 0.178. The van der Waals surface area contributed by atoms with Crippen LogP contribution in [0.15, 0.2) is 47.4 Å². The molecule has 208 valence electrons. The highest BCUT2D eigenvalue weighted by Crippen LogP contribution is 2.39. The van der Waals surface area contributed by atoms with Crippen LogP contribution in [0.4, 0.5) is 42.1 Å². The third-order valence-electron chi connectivity index (χ3n) is 5.24. The largest absolute Gasteiger partial charge is 0.496 e. The molecule has 2 N–H and O–H groups in total. The van der Waals surface area contributed by atoms with Gasteiger partial charge < -0.3 is 20.1 Å². The molecule has 0 fully saturated rings. The Morgan fingerprint density at radius 2 is 1.33 bits per heavy atom. The third-order valence-corrected chi connectivity index (χ3v) is 6.36. The number of methoxy groups -OCH3 is 2. The van der Waals surface area contributed by atoms with Gasteiger partial charge in [-0.3, -0.25) is 9.59 Å². The van der Waals surface area contributed by atoms with Crippen LogP contribution >= 0.6 is 11.8 Å². The molecule has 1 unspecified atom stereocenters. The van der Waals surface area contributed by atoms with Gasteiger partial charge in [0.2, 0.25) is 5.91 Å². The average Bonchev–Trinajstić information content (AvgIpc) is 2.89. The summed E-state index contributed by atoms with van der Waals surface area (Å²) in [5, 5.41) is 3.14. The average molecular weight is 576 g/mol. The molecule has 0 heterocycles. The highest BCUT2D eigenvalue weighted by Gasteiger charge is 2.42.